The Morgan fingerprint density at radius 1 is 1.29 bits per heavy atom. The van der Waals surface area contributed by atoms with Crippen LogP contribution in [-0.4, -0.2) is 10.6 Å². The highest BCUT2D eigenvalue weighted by molar-refractivity contribution is 5.86. The van der Waals surface area contributed by atoms with E-state index < -0.39 is 0 Å². The molecule has 2 N–H and O–H groups in total. The van der Waals surface area contributed by atoms with Crippen molar-refractivity contribution in [3.05, 3.63) is 35.5 Å². The van der Waals surface area contributed by atoms with Gasteiger partial charge >= 0.3 is 0 Å². The fraction of sp³-hybridized carbons (Fsp3) is 0.467. The zero-order valence-corrected chi connectivity index (χ0v) is 11.0. The topological polar surface area (TPSA) is 30.9 Å². The number of fused-ring (bicyclic) bond motifs is 1. The second-order valence-corrected chi connectivity index (χ2v) is 4.95. The lowest BCUT2D eigenvalue weighted by atomic mass is 10.0. The molecule has 0 saturated carbocycles. The van der Waals surface area contributed by atoms with E-state index in [0.717, 1.165) is 19.3 Å². The SMILES string of the molecule is CCc1cccc2c(CC[C@H](C)N)cn(C)c12. The van der Waals surface area contributed by atoms with E-state index in [2.05, 4.69) is 49.9 Å². The molecule has 1 aromatic heterocycles. The van der Waals surface area contributed by atoms with Crippen LogP contribution in [-0.2, 0) is 19.9 Å². The Labute approximate surface area is 103 Å². The van der Waals surface area contributed by atoms with Gasteiger partial charge < -0.3 is 10.3 Å². The van der Waals surface area contributed by atoms with Gasteiger partial charge in [0.1, 0.15) is 0 Å². The molecule has 0 radical (unpaired) electrons. The Kier molecular flexibility index (Phi) is 3.53. The maximum atomic E-state index is 5.84. The highest BCUT2D eigenvalue weighted by atomic mass is 14.9. The third kappa shape index (κ3) is 2.37. The molecular formula is C15H22N2. The average molecular weight is 230 g/mol. The molecule has 1 atom stereocenters. The summed E-state index contributed by atoms with van der Waals surface area (Å²) >= 11 is 0. The van der Waals surface area contributed by atoms with E-state index in [1.807, 2.05) is 0 Å². The Morgan fingerprint density at radius 3 is 2.71 bits per heavy atom. The number of rotatable bonds is 4. The van der Waals surface area contributed by atoms with Crippen LogP contribution in [0.5, 0.6) is 0 Å². The predicted octanol–water partition coefficient (Wildman–Crippen LogP) is 3.02. The molecule has 0 spiro atoms. The van der Waals surface area contributed by atoms with E-state index in [1.165, 1.54) is 22.0 Å². The second-order valence-electron chi connectivity index (χ2n) is 4.95. The van der Waals surface area contributed by atoms with E-state index in [4.69, 9.17) is 5.73 Å². The van der Waals surface area contributed by atoms with Gasteiger partial charge in [-0.05, 0) is 37.3 Å². The van der Waals surface area contributed by atoms with Gasteiger partial charge in [-0.15, -0.1) is 0 Å². The fourth-order valence-electron chi connectivity index (χ4n) is 2.50. The Hall–Kier alpha value is -1.28. The number of hydrogen-bond acceptors (Lipinski definition) is 1. The van der Waals surface area contributed by atoms with E-state index >= 15 is 0 Å². The predicted molar refractivity (Wildman–Crippen MR) is 74.3 cm³/mol. The highest BCUT2D eigenvalue weighted by Crippen LogP contribution is 2.25. The number of benzene rings is 1. The lowest BCUT2D eigenvalue weighted by molar-refractivity contribution is 0.667. The zero-order chi connectivity index (χ0) is 12.4. The van der Waals surface area contributed by atoms with Crippen LogP contribution in [0, 0.1) is 0 Å². The summed E-state index contributed by atoms with van der Waals surface area (Å²) in [6.45, 7) is 4.28. The van der Waals surface area contributed by atoms with Gasteiger partial charge in [0.05, 0.1) is 5.52 Å². The summed E-state index contributed by atoms with van der Waals surface area (Å²) in [4.78, 5) is 0. The smallest absolute Gasteiger partial charge is 0.0512 e. The fourth-order valence-corrected chi connectivity index (χ4v) is 2.50. The monoisotopic (exact) mass is 230 g/mol. The molecule has 1 aromatic carbocycles. The molecule has 0 bridgehead atoms. The molecule has 0 amide bonds. The van der Waals surface area contributed by atoms with Crippen LogP contribution in [0.15, 0.2) is 24.4 Å². The van der Waals surface area contributed by atoms with E-state index in [1.54, 1.807) is 0 Å². The average Bonchev–Trinajstić information content (AvgIpc) is 2.64. The molecular weight excluding hydrogens is 208 g/mol. The molecule has 1 heterocycles. The van der Waals surface area contributed by atoms with Crippen LogP contribution < -0.4 is 5.73 Å². The third-order valence-corrected chi connectivity index (χ3v) is 3.42. The van der Waals surface area contributed by atoms with E-state index in [-0.39, 0.29) is 6.04 Å². The van der Waals surface area contributed by atoms with Gasteiger partial charge in [0.2, 0.25) is 0 Å². The summed E-state index contributed by atoms with van der Waals surface area (Å²) in [5, 5.41) is 1.40. The van der Waals surface area contributed by atoms with Gasteiger partial charge in [-0.2, -0.15) is 0 Å². The summed E-state index contributed by atoms with van der Waals surface area (Å²) in [6.07, 6.45) is 5.46. The quantitative estimate of drug-likeness (QED) is 0.860. The minimum absolute atomic E-state index is 0.277. The summed E-state index contributed by atoms with van der Waals surface area (Å²) < 4.78 is 2.25. The van der Waals surface area contributed by atoms with Crippen LogP contribution in [0.25, 0.3) is 10.9 Å². The molecule has 0 unspecified atom stereocenters. The summed E-state index contributed by atoms with van der Waals surface area (Å²) in [5.41, 5.74) is 10.1. The first-order chi connectivity index (χ1) is 8.13. The molecule has 0 aliphatic heterocycles. The molecule has 92 valence electrons. The first kappa shape index (κ1) is 12.2. The number of para-hydroxylation sites is 1. The Bertz CT molecular complexity index is 509. The lowest BCUT2D eigenvalue weighted by Gasteiger charge is -2.04. The number of hydrogen-bond donors (Lipinski definition) is 1. The second kappa shape index (κ2) is 4.92. The van der Waals surface area contributed by atoms with Crippen LogP contribution in [0.3, 0.4) is 0 Å². The number of nitrogens with two attached hydrogens (primary N) is 1. The Balaban J connectivity index is 2.45. The van der Waals surface area contributed by atoms with Gasteiger partial charge in [-0.25, -0.2) is 0 Å². The van der Waals surface area contributed by atoms with Crippen molar-refractivity contribution in [1.82, 2.24) is 4.57 Å². The first-order valence-electron chi connectivity index (χ1n) is 6.44. The molecule has 0 aliphatic carbocycles. The van der Waals surface area contributed by atoms with Crippen molar-refractivity contribution in [2.75, 3.05) is 0 Å². The summed E-state index contributed by atoms with van der Waals surface area (Å²) in [5.74, 6) is 0. The molecule has 2 aromatic rings. The summed E-state index contributed by atoms with van der Waals surface area (Å²) in [7, 11) is 2.14. The molecule has 2 rings (SSSR count). The largest absolute Gasteiger partial charge is 0.350 e. The van der Waals surface area contributed by atoms with Crippen molar-refractivity contribution < 1.29 is 0 Å². The third-order valence-electron chi connectivity index (χ3n) is 3.42. The van der Waals surface area contributed by atoms with Crippen LogP contribution >= 0.6 is 0 Å². The maximum absolute atomic E-state index is 5.84. The van der Waals surface area contributed by atoms with Crippen molar-refractivity contribution in [2.24, 2.45) is 12.8 Å². The van der Waals surface area contributed by atoms with Gasteiger partial charge in [0, 0.05) is 24.7 Å². The van der Waals surface area contributed by atoms with Gasteiger partial charge in [-0.1, -0.05) is 25.1 Å². The number of aromatic nitrogens is 1. The highest BCUT2D eigenvalue weighted by Gasteiger charge is 2.09. The van der Waals surface area contributed by atoms with E-state index in [9.17, 15) is 0 Å². The maximum Gasteiger partial charge on any atom is 0.0512 e. The minimum atomic E-state index is 0.277. The zero-order valence-electron chi connectivity index (χ0n) is 11.0. The van der Waals surface area contributed by atoms with Crippen molar-refractivity contribution in [1.29, 1.82) is 0 Å². The molecule has 0 fully saturated rings. The normalized spacial score (nSPS) is 13.2. The lowest BCUT2D eigenvalue weighted by Crippen LogP contribution is -2.15. The van der Waals surface area contributed by atoms with Crippen molar-refractivity contribution in [3.8, 4) is 0 Å². The standard InChI is InChI=1S/C15H22N2/c1-4-12-6-5-7-14-13(9-8-11(2)16)10-17(3)15(12)14/h5-7,10-11H,4,8-9,16H2,1-3H3/t11-/m0/s1. The van der Waals surface area contributed by atoms with Gasteiger partial charge in [-0.3, -0.25) is 0 Å². The van der Waals surface area contributed by atoms with Crippen LogP contribution in [0.4, 0.5) is 0 Å². The van der Waals surface area contributed by atoms with Crippen LogP contribution in [0.1, 0.15) is 31.4 Å². The molecule has 2 nitrogen and oxygen atoms in total. The number of nitrogens with zero attached hydrogens (tertiary/aromatic N) is 1. The van der Waals surface area contributed by atoms with Gasteiger partial charge in [0.25, 0.3) is 0 Å². The van der Waals surface area contributed by atoms with Crippen molar-refractivity contribution in [2.45, 2.75) is 39.2 Å². The molecule has 2 heteroatoms. The van der Waals surface area contributed by atoms with Crippen molar-refractivity contribution in [3.63, 3.8) is 0 Å². The number of aryl methyl sites for hydroxylation is 3. The molecule has 17 heavy (non-hydrogen) atoms. The molecule has 0 saturated heterocycles. The summed E-state index contributed by atoms with van der Waals surface area (Å²) in [6, 6.07) is 6.89. The van der Waals surface area contributed by atoms with Gasteiger partial charge in [0.15, 0.2) is 0 Å². The minimum Gasteiger partial charge on any atom is -0.350 e. The first-order valence-corrected chi connectivity index (χ1v) is 6.44. The van der Waals surface area contributed by atoms with Crippen molar-refractivity contribution >= 4 is 10.9 Å². The van der Waals surface area contributed by atoms with Crippen LogP contribution in [0.2, 0.25) is 0 Å². The molecule has 0 aliphatic rings. The Morgan fingerprint density at radius 2 is 2.06 bits per heavy atom. The van der Waals surface area contributed by atoms with E-state index in [0.29, 0.717) is 0 Å².